The predicted octanol–water partition coefficient (Wildman–Crippen LogP) is 1.02. The fourth-order valence-electron chi connectivity index (χ4n) is 2.53. The first-order valence-corrected chi connectivity index (χ1v) is 7.90. The highest BCUT2D eigenvalue weighted by Crippen LogP contribution is 2.40. The maximum Gasteiger partial charge on any atom is 0.307 e. The minimum atomic E-state index is -4.82. The van der Waals surface area contributed by atoms with Crippen LogP contribution in [0.15, 0.2) is 12.1 Å². The molecule has 2 aliphatic heterocycles. The van der Waals surface area contributed by atoms with Crippen LogP contribution < -0.4 is 14.4 Å². The molecule has 2 heterocycles. The Bertz CT molecular complexity index is 775. The number of rotatable bonds is 3. The van der Waals surface area contributed by atoms with Gasteiger partial charge in [-0.05, 0) is 13.0 Å². The standard InChI is InChI=1S/C13H12FNO6S/c1-7(16)9-3-11-12(21-6-20-11)4-10(9)15-5-8(2-13(15)17)22(14,18)19/h3-4,8H,2,5-6H2,1H3. The molecule has 7 nitrogen and oxygen atoms in total. The number of fused-ring (bicyclic) bond motifs is 1. The summed E-state index contributed by atoms with van der Waals surface area (Å²) >= 11 is 0. The molecule has 1 aromatic rings. The summed E-state index contributed by atoms with van der Waals surface area (Å²) in [5, 5.41) is -1.43. The van der Waals surface area contributed by atoms with Gasteiger partial charge < -0.3 is 14.4 Å². The SMILES string of the molecule is CC(=O)c1cc2c(cc1N1CC(S(=O)(=O)F)CC1=O)OCO2. The van der Waals surface area contributed by atoms with Gasteiger partial charge in [-0.1, -0.05) is 0 Å². The summed E-state index contributed by atoms with van der Waals surface area (Å²) in [5.74, 6) is -0.171. The fraction of sp³-hybridized carbons (Fsp3) is 0.385. The van der Waals surface area contributed by atoms with E-state index in [0.717, 1.165) is 4.90 Å². The monoisotopic (exact) mass is 329 g/mol. The van der Waals surface area contributed by atoms with Crippen molar-refractivity contribution in [2.24, 2.45) is 0 Å². The molecule has 2 aliphatic rings. The van der Waals surface area contributed by atoms with Crippen LogP contribution in [0, 0.1) is 0 Å². The van der Waals surface area contributed by atoms with E-state index in [4.69, 9.17) is 9.47 Å². The van der Waals surface area contributed by atoms with E-state index in [1.807, 2.05) is 0 Å². The van der Waals surface area contributed by atoms with Gasteiger partial charge in [-0.15, -0.1) is 3.89 Å². The molecule has 0 N–H and O–H groups in total. The highest BCUT2D eigenvalue weighted by molar-refractivity contribution is 7.87. The Balaban J connectivity index is 2.05. The molecule has 0 spiro atoms. The van der Waals surface area contributed by atoms with Crippen LogP contribution in [-0.4, -0.2) is 38.7 Å². The molecule has 0 aliphatic carbocycles. The summed E-state index contributed by atoms with van der Waals surface area (Å²) < 4.78 is 45.5. The van der Waals surface area contributed by atoms with Crippen molar-refractivity contribution >= 4 is 27.6 Å². The highest BCUT2D eigenvalue weighted by Gasteiger charge is 2.40. The van der Waals surface area contributed by atoms with E-state index in [-0.39, 0.29) is 30.4 Å². The lowest BCUT2D eigenvalue weighted by Crippen LogP contribution is -2.28. The van der Waals surface area contributed by atoms with Crippen LogP contribution in [0.3, 0.4) is 0 Å². The molecule has 1 fully saturated rings. The third-order valence-corrected chi connectivity index (χ3v) is 4.76. The predicted molar refractivity (Wildman–Crippen MR) is 73.4 cm³/mol. The molecule has 1 unspecified atom stereocenters. The van der Waals surface area contributed by atoms with Gasteiger partial charge in [-0.2, -0.15) is 8.42 Å². The van der Waals surface area contributed by atoms with Crippen LogP contribution >= 0.6 is 0 Å². The summed E-state index contributed by atoms with van der Waals surface area (Å²) in [6.45, 7) is 0.966. The molecule has 1 amide bonds. The number of hydrogen-bond donors (Lipinski definition) is 0. The number of carbonyl (C=O) groups is 2. The Kier molecular flexibility index (Phi) is 3.32. The number of hydrogen-bond acceptors (Lipinski definition) is 6. The molecular formula is C13H12FNO6S. The smallest absolute Gasteiger partial charge is 0.307 e. The number of nitrogens with zero attached hydrogens (tertiary/aromatic N) is 1. The van der Waals surface area contributed by atoms with E-state index in [1.54, 1.807) is 0 Å². The minimum absolute atomic E-state index is 0.00837. The number of amides is 1. The van der Waals surface area contributed by atoms with E-state index < -0.39 is 27.8 Å². The molecule has 1 atom stereocenters. The second kappa shape index (κ2) is 4.94. The zero-order chi connectivity index (χ0) is 16.1. The van der Waals surface area contributed by atoms with Crippen molar-refractivity contribution in [3.05, 3.63) is 17.7 Å². The number of ether oxygens (including phenoxy) is 2. The normalized spacial score (nSPS) is 20.5. The first-order valence-electron chi connectivity index (χ1n) is 6.46. The number of carbonyl (C=O) groups excluding carboxylic acids is 2. The Hall–Kier alpha value is -2.16. The van der Waals surface area contributed by atoms with Gasteiger partial charge in [0.1, 0.15) is 5.25 Å². The minimum Gasteiger partial charge on any atom is -0.454 e. The van der Waals surface area contributed by atoms with Crippen LogP contribution in [0.4, 0.5) is 9.57 Å². The van der Waals surface area contributed by atoms with Crippen LogP contribution in [0.2, 0.25) is 0 Å². The lowest BCUT2D eigenvalue weighted by molar-refractivity contribution is -0.117. The molecule has 0 aromatic heterocycles. The topological polar surface area (TPSA) is 90.0 Å². The lowest BCUT2D eigenvalue weighted by Gasteiger charge is -2.19. The Labute approximate surface area is 125 Å². The summed E-state index contributed by atoms with van der Waals surface area (Å²) in [5.41, 5.74) is 0.391. The van der Waals surface area contributed by atoms with E-state index in [1.165, 1.54) is 19.1 Å². The summed E-state index contributed by atoms with van der Waals surface area (Å²) in [4.78, 5) is 24.9. The maximum atomic E-state index is 13.1. The summed E-state index contributed by atoms with van der Waals surface area (Å²) in [6, 6.07) is 2.87. The largest absolute Gasteiger partial charge is 0.454 e. The van der Waals surface area contributed by atoms with Gasteiger partial charge in [0.2, 0.25) is 12.7 Å². The molecule has 0 radical (unpaired) electrons. The average Bonchev–Trinajstić information content (AvgIpc) is 3.01. The average molecular weight is 329 g/mol. The van der Waals surface area contributed by atoms with Gasteiger partial charge in [0.05, 0.1) is 5.69 Å². The van der Waals surface area contributed by atoms with E-state index in [2.05, 4.69) is 0 Å². The van der Waals surface area contributed by atoms with Crippen molar-refractivity contribution in [3.63, 3.8) is 0 Å². The molecule has 9 heteroatoms. The summed E-state index contributed by atoms with van der Waals surface area (Å²) in [7, 11) is -4.82. The van der Waals surface area contributed by atoms with E-state index >= 15 is 0 Å². The molecule has 1 aromatic carbocycles. The Morgan fingerprint density at radius 2 is 1.95 bits per heavy atom. The van der Waals surface area contributed by atoms with Gasteiger partial charge in [0.15, 0.2) is 17.3 Å². The van der Waals surface area contributed by atoms with Crippen LogP contribution in [0.5, 0.6) is 11.5 Å². The highest BCUT2D eigenvalue weighted by atomic mass is 32.3. The Morgan fingerprint density at radius 3 is 2.50 bits per heavy atom. The zero-order valence-corrected chi connectivity index (χ0v) is 12.4. The number of Topliss-reactive ketones (excluding diaryl/α,β-unsaturated/α-hetero) is 1. The maximum absolute atomic E-state index is 13.1. The summed E-state index contributed by atoms with van der Waals surface area (Å²) in [6.07, 6.45) is -0.454. The van der Waals surface area contributed by atoms with Crippen molar-refractivity contribution in [2.45, 2.75) is 18.6 Å². The second-order valence-corrected chi connectivity index (χ2v) is 6.70. The fourth-order valence-corrected chi connectivity index (χ4v) is 3.20. The second-order valence-electron chi connectivity index (χ2n) is 5.08. The number of ketones is 1. The molecule has 0 saturated carbocycles. The number of anilines is 1. The molecular weight excluding hydrogens is 317 g/mol. The van der Waals surface area contributed by atoms with Gasteiger partial charge >= 0.3 is 10.2 Å². The molecule has 118 valence electrons. The van der Waals surface area contributed by atoms with Gasteiger partial charge in [-0.25, -0.2) is 0 Å². The van der Waals surface area contributed by atoms with Crippen molar-refractivity contribution < 1.29 is 31.4 Å². The first kappa shape index (κ1) is 14.8. The zero-order valence-electron chi connectivity index (χ0n) is 11.5. The van der Waals surface area contributed by atoms with Gasteiger partial charge in [-0.3, -0.25) is 9.59 Å². The number of halogens is 1. The first-order chi connectivity index (χ1) is 10.3. The van der Waals surface area contributed by atoms with Crippen molar-refractivity contribution in [2.75, 3.05) is 18.2 Å². The van der Waals surface area contributed by atoms with Crippen molar-refractivity contribution in [3.8, 4) is 11.5 Å². The van der Waals surface area contributed by atoms with Crippen molar-refractivity contribution in [1.82, 2.24) is 0 Å². The molecule has 22 heavy (non-hydrogen) atoms. The van der Waals surface area contributed by atoms with Crippen LogP contribution in [0.25, 0.3) is 0 Å². The third-order valence-electron chi connectivity index (χ3n) is 3.65. The van der Waals surface area contributed by atoms with E-state index in [0.29, 0.717) is 11.5 Å². The molecule has 0 bridgehead atoms. The van der Waals surface area contributed by atoms with E-state index in [9.17, 15) is 21.9 Å². The Morgan fingerprint density at radius 1 is 1.32 bits per heavy atom. The van der Waals surface area contributed by atoms with Gasteiger partial charge in [0, 0.05) is 24.6 Å². The van der Waals surface area contributed by atoms with Gasteiger partial charge in [0.25, 0.3) is 0 Å². The van der Waals surface area contributed by atoms with Crippen LogP contribution in [0.1, 0.15) is 23.7 Å². The third kappa shape index (κ3) is 2.41. The molecule has 1 saturated heterocycles. The van der Waals surface area contributed by atoms with Crippen molar-refractivity contribution in [1.29, 1.82) is 0 Å². The van der Waals surface area contributed by atoms with Crippen LogP contribution in [-0.2, 0) is 15.0 Å². The quantitative estimate of drug-likeness (QED) is 0.607. The molecule has 3 rings (SSSR count). The number of benzene rings is 1. The lowest BCUT2D eigenvalue weighted by atomic mass is 10.1.